The molecule has 0 bridgehead atoms. The Bertz CT molecular complexity index is 785. The molecular weight excluding hydrogens is 394 g/mol. The third-order valence-corrected chi connectivity index (χ3v) is 6.55. The zero-order valence-corrected chi connectivity index (χ0v) is 17.2. The molecule has 2 aliphatic heterocycles. The Labute approximate surface area is 176 Å². The van der Waals surface area contributed by atoms with Gasteiger partial charge < -0.3 is 15.3 Å². The van der Waals surface area contributed by atoms with Crippen LogP contribution in [0.5, 0.6) is 0 Å². The van der Waals surface area contributed by atoms with E-state index >= 15 is 0 Å². The van der Waals surface area contributed by atoms with Crippen molar-refractivity contribution < 1.29 is 19.5 Å². The maximum atomic E-state index is 12.3. The van der Waals surface area contributed by atoms with E-state index in [-0.39, 0.29) is 36.7 Å². The number of rotatable bonds is 6. The number of carbonyl (C=O) groups is 3. The normalized spacial score (nSPS) is 26.3. The first-order valence-corrected chi connectivity index (χ1v) is 10.1. The van der Waals surface area contributed by atoms with Crippen LogP contribution in [0.3, 0.4) is 0 Å². The van der Waals surface area contributed by atoms with Gasteiger partial charge in [-0.2, -0.15) is 0 Å². The number of carboxylic acid groups (broad SMARTS) is 1. The number of carboxylic acids is 1. The summed E-state index contributed by atoms with van der Waals surface area (Å²) in [6, 6.07) is 7.70. The van der Waals surface area contributed by atoms with Crippen LogP contribution in [0, 0.1) is 11.3 Å². The number of hydrogen-bond donors (Lipinski definition) is 2. The average Bonchev–Trinajstić information content (AvgIpc) is 3.35. The van der Waals surface area contributed by atoms with Gasteiger partial charge in [0.2, 0.25) is 11.8 Å². The molecule has 2 N–H and O–H groups in total. The largest absolute Gasteiger partial charge is 0.481 e. The van der Waals surface area contributed by atoms with Gasteiger partial charge in [0.05, 0.1) is 12.0 Å². The van der Waals surface area contributed by atoms with Crippen molar-refractivity contribution in [1.82, 2.24) is 10.2 Å². The third kappa shape index (κ3) is 4.26. The second kappa shape index (κ2) is 8.71. The lowest BCUT2D eigenvalue weighted by atomic mass is 9.81. The van der Waals surface area contributed by atoms with Crippen LogP contribution in [0.1, 0.15) is 37.7 Å². The minimum Gasteiger partial charge on any atom is -0.481 e. The van der Waals surface area contributed by atoms with Crippen molar-refractivity contribution >= 4 is 35.9 Å². The number of amides is 2. The number of nitrogens with one attached hydrogen (secondary N) is 1. The Balaban J connectivity index is 0.00000240. The smallest absolute Gasteiger partial charge is 0.311 e. The standard InChI is InChI=1S/C21H27N3O4.ClH/c25-18(13-23-12-16-3-1-9-21(16,14-23)20(27)28)22-11-15-5-7-17(8-6-15)24-10-2-4-19(24)26;/h5-8,16H,1-4,9-14H2,(H,22,25)(H,27,28);1H/t16-,21+;/m0./s1. The number of carbonyl (C=O) groups excluding carboxylic acids is 2. The van der Waals surface area contributed by atoms with Crippen LogP contribution < -0.4 is 10.2 Å². The number of halogens is 1. The second-order valence-corrected chi connectivity index (χ2v) is 8.31. The van der Waals surface area contributed by atoms with Gasteiger partial charge in [-0.05, 0) is 42.9 Å². The van der Waals surface area contributed by atoms with Gasteiger partial charge in [0, 0.05) is 38.3 Å². The van der Waals surface area contributed by atoms with Crippen LogP contribution in [-0.4, -0.2) is 54.0 Å². The number of anilines is 1. The lowest BCUT2D eigenvalue weighted by molar-refractivity contribution is -0.149. The molecule has 8 heteroatoms. The summed E-state index contributed by atoms with van der Waals surface area (Å²) in [5, 5.41) is 12.6. The summed E-state index contributed by atoms with van der Waals surface area (Å²) in [7, 11) is 0. The molecule has 7 nitrogen and oxygen atoms in total. The fourth-order valence-corrected chi connectivity index (χ4v) is 5.04. The van der Waals surface area contributed by atoms with Gasteiger partial charge in [0.25, 0.3) is 0 Å². The van der Waals surface area contributed by atoms with E-state index in [2.05, 4.69) is 5.32 Å². The lowest BCUT2D eigenvalue weighted by Crippen LogP contribution is -2.39. The van der Waals surface area contributed by atoms with Crippen molar-refractivity contribution in [2.45, 2.75) is 38.6 Å². The predicted molar refractivity (Wildman–Crippen MR) is 111 cm³/mol. The van der Waals surface area contributed by atoms with E-state index in [1.54, 1.807) is 4.90 Å². The molecule has 3 aliphatic rings. The second-order valence-electron chi connectivity index (χ2n) is 8.31. The van der Waals surface area contributed by atoms with Crippen LogP contribution in [-0.2, 0) is 20.9 Å². The Hall–Kier alpha value is -2.12. The summed E-state index contributed by atoms with van der Waals surface area (Å²) in [6.07, 6.45) is 4.14. The van der Waals surface area contributed by atoms with Crippen molar-refractivity contribution in [2.75, 3.05) is 31.1 Å². The first kappa shape index (κ1) is 21.6. The molecule has 2 amide bonds. The molecule has 1 saturated carbocycles. The van der Waals surface area contributed by atoms with Crippen LogP contribution >= 0.6 is 12.4 Å². The van der Waals surface area contributed by atoms with E-state index in [4.69, 9.17) is 0 Å². The van der Waals surface area contributed by atoms with Crippen molar-refractivity contribution in [1.29, 1.82) is 0 Å². The highest BCUT2D eigenvalue weighted by molar-refractivity contribution is 5.95. The van der Waals surface area contributed by atoms with Crippen LogP contribution in [0.15, 0.2) is 24.3 Å². The first-order valence-electron chi connectivity index (χ1n) is 10.1. The Morgan fingerprint density at radius 3 is 2.59 bits per heavy atom. The van der Waals surface area contributed by atoms with Crippen LogP contribution in [0.25, 0.3) is 0 Å². The van der Waals surface area contributed by atoms with E-state index in [1.807, 2.05) is 29.2 Å². The van der Waals surface area contributed by atoms with Crippen LogP contribution in [0.2, 0.25) is 0 Å². The summed E-state index contributed by atoms with van der Waals surface area (Å²) in [4.78, 5) is 39.7. The molecule has 0 radical (unpaired) electrons. The number of hydrogen-bond acceptors (Lipinski definition) is 4. The molecule has 1 aliphatic carbocycles. The zero-order chi connectivity index (χ0) is 19.7. The summed E-state index contributed by atoms with van der Waals surface area (Å²) in [5.41, 5.74) is 1.23. The van der Waals surface area contributed by atoms with Crippen LogP contribution in [0.4, 0.5) is 5.69 Å². The van der Waals surface area contributed by atoms with E-state index in [0.717, 1.165) is 43.5 Å². The molecule has 1 aromatic carbocycles. The molecule has 2 atom stereocenters. The SMILES string of the molecule is Cl.O=C(CN1C[C@@H]2CCC[C@@]2(C(=O)O)C1)NCc1ccc(N2CCCC2=O)cc1. The van der Waals surface area contributed by atoms with Crippen molar-refractivity contribution in [3.63, 3.8) is 0 Å². The third-order valence-electron chi connectivity index (χ3n) is 6.55. The van der Waals surface area contributed by atoms with Crippen molar-refractivity contribution in [3.05, 3.63) is 29.8 Å². The maximum absolute atomic E-state index is 12.3. The molecule has 3 fully saturated rings. The topological polar surface area (TPSA) is 89.9 Å². The Morgan fingerprint density at radius 2 is 1.97 bits per heavy atom. The van der Waals surface area contributed by atoms with Gasteiger partial charge in [0.15, 0.2) is 0 Å². The van der Waals surface area contributed by atoms with E-state index in [9.17, 15) is 19.5 Å². The fraction of sp³-hybridized carbons (Fsp3) is 0.571. The average molecular weight is 422 g/mol. The maximum Gasteiger partial charge on any atom is 0.311 e. The molecule has 0 unspecified atom stereocenters. The molecule has 29 heavy (non-hydrogen) atoms. The quantitative estimate of drug-likeness (QED) is 0.733. The monoisotopic (exact) mass is 421 g/mol. The minimum atomic E-state index is -0.713. The summed E-state index contributed by atoms with van der Waals surface area (Å²) in [6.45, 7) is 2.60. The number of likely N-dealkylation sites (tertiary alicyclic amines) is 1. The lowest BCUT2D eigenvalue weighted by Gasteiger charge is -2.23. The molecule has 1 aromatic rings. The summed E-state index contributed by atoms with van der Waals surface area (Å²) >= 11 is 0. The highest BCUT2D eigenvalue weighted by Gasteiger charge is 2.54. The van der Waals surface area contributed by atoms with Gasteiger partial charge >= 0.3 is 5.97 Å². The predicted octanol–water partition coefficient (Wildman–Crippen LogP) is 2.04. The molecule has 2 heterocycles. The molecule has 158 valence electrons. The highest BCUT2D eigenvalue weighted by Crippen LogP contribution is 2.48. The zero-order valence-electron chi connectivity index (χ0n) is 16.4. The van der Waals surface area contributed by atoms with E-state index in [1.165, 1.54) is 0 Å². The van der Waals surface area contributed by atoms with Gasteiger partial charge in [-0.25, -0.2) is 0 Å². The van der Waals surface area contributed by atoms with Gasteiger partial charge in [-0.1, -0.05) is 18.6 Å². The van der Waals surface area contributed by atoms with Crippen molar-refractivity contribution in [3.8, 4) is 0 Å². The Kier molecular flexibility index (Phi) is 6.49. The first-order chi connectivity index (χ1) is 13.5. The number of benzene rings is 1. The van der Waals surface area contributed by atoms with Gasteiger partial charge in [-0.15, -0.1) is 12.4 Å². The highest BCUT2D eigenvalue weighted by atomic mass is 35.5. The Morgan fingerprint density at radius 1 is 1.21 bits per heavy atom. The molecule has 2 saturated heterocycles. The van der Waals surface area contributed by atoms with Gasteiger partial charge in [-0.3, -0.25) is 19.3 Å². The molecule has 0 spiro atoms. The number of nitrogens with zero attached hydrogens (tertiary/aromatic N) is 2. The van der Waals surface area contributed by atoms with E-state index in [0.29, 0.717) is 26.1 Å². The minimum absolute atomic E-state index is 0. The molecule has 4 rings (SSSR count). The summed E-state index contributed by atoms with van der Waals surface area (Å²) in [5.74, 6) is -0.469. The number of fused-ring (bicyclic) bond motifs is 1. The fourth-order valence-electron chi connectivity index (χ4n) is 5.04. The van der Waals surface area contributed by atoms with Gasteiger partial charge in [0.1, 0.15) is 0 Å². The molecule has 0 aromatic heterocycles. The summed E-state index contributed by atoms with van der Waals surface area (Å²) < 4.78 is 0. The van der Waals surface area contributed by atoms with E-state index < -0.39 is 11.4 Å². The molecular formula is C21H28ClN3O4. The van der Waals surface area contributed by atoms with Crippen molar-refractivity contribution in [2.24, 2.45) is 11.3 Å². The number of aliphatic carboxylic acids is 1.